The molecule has 0 aromatic heterocycles. The van der Waals surface area contributed by atoms with E-state index in [1.165, 1.54) is 12.1 Å². The Morgan fingerprint density at radius 2 is 1.89 bits per heavy atom. The number of nitrogens with zero attached hydrogens (tertiary/aromatic N) is 1. The first-order valence-electron chi connectivity index (χ1n) is 5.74. The summed E-state index contributed by atoms with van der Waals surface area (Å²) in [5.74, 6) is 0. The van der Waals surface area contributed by atoms with E-state index >= 15 is 0 Å². The topological polar surface area (TPSA) is 63.4 Å². The van der Waals surface area contributed by atoms with E-state index in [1.54, 1.807) is 6.07 Å². The number of hydrogen-bond donors (Lipinski definition) is 1. The molecular weight excluding hydrogens is 357 g/mol. The Kier molecular flexibility index (Phi) is 4.49. The minimum Gasteiger partial charge on any atom is -0.388 e. The molecule has 0 aliphatic heterocycles. The number of aliphatic hydroxyl groups is 1. The van der Waals surface area contributed by atoms with E-state index in [4.69, 9.17) is 0 Å². The SMILES string of the molecule is O=[N+]([O-])c1ccc(CC(O)c2ccccc2)c(I)c1. The molecule has 4 nitrogen and oxygen atoms in total. The van der Waals surface area contributed by atoms with Crippen LogP contribution in [-0.4, -0.2) is 10.0 Å². The van der Waals surface area contributed by atoms with Crippen LogP contribution in [0.4, 0.5) is 5.69 Å². The molecule has 0 saturated carbocycles. The highest BCUT2D eigenvalue weighted by molar-refractivity contribution is 14.1. The molecule has 98 valence electrons. The molecule has 0 aliphatic carbocycles. The van der Waals surface area contributed by atoms with Crippen LogP contribution in [0.3, 0.4) is 0 Å². The molecule has 2 rings (SSSR count). The van der Waals surface area contributed by atoms with Gasteiger partial charge in [-0.3, -0.25) is 10.1 Å². The third-order valence-electron chi connectivity index (χ3n) is 2.85. The highest BCUT2D eigenvalue weighted by Gasteiger charge is 2.13. The molecule has 1 N–H and O–H groups in total. The maximum Gasteiger partial charge on any atom is 0.270 e. The highest BCUT2D eigenvalue weighted by Crippen LogP contribution is 2.24. The average Bonchev–Trinajstić information content (AvgIpc) is 2.41. The van der Waals surface area contributed by atoms with Crippen molar-refractivity contribution in [3.8, 4) is 0 Å². The van der Waals surface area contributed by atoms with Gasteiger partial charge in [-0.25, -0.2) is 0 Å². The lowest BCUT2D eigenvalue weighted by atomic mass is 10.0. The Hall–Kier alpha value is -1.47. The molecule has 0 saturated heterocycles. The van der Waals surface area contributed by atoms with E-state index in [1.807, 2.05) is 30.3 Å². The Morgan fingerprint density at radius 3 is 2.47 bits per heavy atom. The third-order valence-corrected chi connectivity index (χ3v) is 3.85. The zero-order valence-electron chi connectivity index (χ0n) is 9.99. The zero-order valence-corrected chi connectivity index (χ0v) is 12.1. The van der Waals surface area contributed by atoms with Crippen molar-refractivity contribution in [3.05, 3.63) is 73.3 Å². The second-order valence-electron chi connectivity index (χ2n) is 4.16. The summed E-state index contributed by atoms with van der Waals surface area (Å²) in [6.07, 6.45) is -0.156. The van der Waals surface area contributed by atoms with Gasteiger partial charge in [0.25, 0.3) is 5.69 Å². The fourth-order valence-electron chi connectivity index (χ4n) is 1.82. The van der Waals surface area contributed by atoms with Gasteiger partial charge < -0.3 is 5.11 Å². The summed E-state index contributed by atoms with van der Waals surface area (Å²) in [6, 6.07) is 14.1. The van der Waals surface area contributed by atoms with Crippen LogP contribution in [0.25, 0.3) is 0 Å². The summed E-state index contributed by atoms with van der Waals surface area (Å²) in [4.78, 5) is 10.2. The molecular formula is C14H12INO3. The first-order chi connectivity index (χ1) is 9.08. The Balaban J connectivity index is 2.18. The molecule has 5 heteroatoms. The Bertz CT molecular complexity index is 586. The van der Waals surface area contributed by atoms with E-state index in [2.05, 4.69) is 22.6 Å². The first-order valence-corrected chi connectivity index (χ1v) is 6.81. The van der Waals surface area contributed by atoms with E-state index < -0.39 is 11.0 Å². The summed E-state index contributed by atoms with van der Waals surface area (Å²) in [5.41, 5.74) is 1.82. The van der Waals surface area contributed by atoms with Gasteiger partial charge in [0.05, 0.1) is 11.0 Å². The number of halogens is 1. The van der Waals surface area contributed by atoms with Crippen LogP contribution < -0.4 is 0 Å². The van der Waals surface area contributed by atoms with Gasteiger partial charge in [-0.05, 0) is 33.7 Å². The molecule has 0 fully saturated rings. The molecule has 0 bridgehead atoms. The predicted octanol–water partition coefficient (Wildman–Crippen LogP) is 3.48. The number of aliphatic hydroxyl groups excluding tert-OH is 1. The molecule has 19 heavy (non-hydrogen) atoms. The monoisotopic (exact) mass is 369 g/mol. The van der Waals surface area contributed by atoms with Crippen molar-refractivity contribution >= 4 is 28.3 Å². The number of hydrogen-bond acceptors (Lipinski definition) is 3. The lowest BCUT2D eigenvalue weighted by Gasteiger charge is -2.12. The zero-order chi connectivity index (χ0) is 13.8. The van der Waals surface area contributed by atoms with Crippen molar-refractivity contribution in [1.29, 1.82) is 0 Å². The molecule has 1 unspecified atom stereocenters. The van der Waals surface area contributed by atoms with Gasteiger partial charge in [0.15, 0.2) is 0 Å². The van der Waals surface area contributed by atoms with Gasteiger partial charge in [-0.2, -0.15) is 0 Å². The predicted molar refractivity (Wildman–Crippen MR) is 80.9 cm³/mol. The standard InChI is InChI=1S/C14H12INO3/c15-13-9-12(16(18)19)7-6-11(13)8-14(17)10-4-2-1-3-5-10/h1-7,9,14,17H,8H2. The van der Waals surface area contributed by atoms with Crippen molar-refractivity contribution < 1.29 is 10.0 Å². The highest BCUT2D eigenvalue weighted by atomic mass is 127. The van der Waals surface area contributed by atoms with Gasteiger partial charge in [0.2, 0.25) is 0 Å². The molecule has 0 radical (unpaired) electrons. The van der Waals surface area contributed by atoms with Crippen LogP contribution in [0, 0.1) is 13.7 Å². The number of benzene rings is 2. The minimum absolute atomic E-state index is 0.0716. The molecule has 0 aliphatic rings. The third kappa shape index (κ3) is 3.51. The summed E-state index contributed by atoms with van der Waals surface area (Å²) in [6.45, 7) is 0. The average molecular weight is 369 g/mol. The van der Waals surface area contributed by atoms with Gasteiger partial charge in [0, 0.05) is 22.1 Å². The van der Waals surface area contributed by atoms with Crippen molar-refractivity contribution in [2.24, 2.45) is 0 Å². The number of non-ortho nitro benzene ring substituents is 1. The Morgan fingerprint density at radius 1 is 1.21 bits per heavy atom. The van der Waals surface area contributed by atoms with Crippen LogP contribution in [-0.2, 0) is 6.42 Å². The van der Waals surface area contributed by atoms with Gasteiger partial charge in [-0.1, -0.05) is 36.4 Å². The normalized spacial score (nSPS) is 12.1. The summed E-state index contributed by atoms with van der Waals surface area (Å²) in [7, 11) is 0. The van der Waals surface area contributed by atoms with E-state index in [0.717, 1.165) is 14.7 Å². The van der Waals surface area contributed by atoms with Crippen molar-refractivity contribution in [2.75, 3.05) is 0 Å². The maximum atomic E-state index is 10.7. The van der Waals surface area contributed by atoms with Crippen LogP contribution in [0.15, 0.2) is 48.5 Å². The lowest BCUT2D eigenvalue weighted by molar-refractivity contribution is -0.385. The number of nitro groups is 1. The molecule has 0 heterocycles. The van der Waals surface area contributed by atoms with Crippen LogP contribution in [0.1, 0.15) is 17.2 Å². The fraction of sp³-hybridized carbons (Fsp3) is 0.143. The quantitative estimate of drug-likeness (QED) is 0.510. The largest absolute Gasteiger partial charge is 0.388 e. The summed E-state index contributed by atoms with van der Waals surface area (Å²) >= 11 is 2.06. The molecule has 2 aromatic carbocycles. The smallest absolute Gasteiger partial charge is 0.270 e. The van der Waals surface area contributed by atoms with Crippen molar-refractivity contribution in [1.82, 2.24) is 0 Å². The van der Waals surface area contributed by atoms with Crippen LogP contribution in [0.5, 0.6) is 0 Å². The van der Waals surface area contributed by atoms with Gasteiger partial charge in [0.1, 0.15) is 0 Å². The molecule has 2 aromatic rings. The summed E-state index contributed by atoms with van der Waals surface area (Å²) in [5, 5.41) is 20.8. The number of nitro benzene ring substituents is 1. The first kappa shape index (κ1) is 14.0. The molecule has 1 atom stereocenters. The summed E-state index contributed by atoms with van der Waals surface area (Å²) < 4.78 is 0.793. The lowest BCUT2D eigenvalue weighted by Crippen LogP contribution is -2.03. The van der Waals surface area contributed by atoms with Crippen molar-refractivity contribution in [2.45, 2.75) is 12.5 Å². The number of rotatable bonds is 4. The van der Waals surface area contributed by atoms with Gasteiger partial charge in [-0.15, -0.1) is 0 Å². The van der Waals surface area contributed by atoms with Gasteiger partial charge >= 0.3 is 0 Å². The van der Waals surface area contributed by atoms with E-state index in [0.29, 0.717) is 6.42 Å². The Labute approximate surface area is 124 Å². The minimum atomic E-state index is -0.601. The van der Waals surface area contributed by atoms with Crippen molar-refractivity contribution in [3.63, 3.8) is 0 Å². The molecule has 0 amide bonds. The van der Waals surface area contributed by atoms with E-state index in [9.17, 15) is 15.2 Å². The van der Waals surface area contributed by atoms with Crippen LogP contribution >= 0.6 is 22.6 Å². The van der Waals surface area contributed by atoms with E-state index in [-0.39, 0.29) is 5.69 Å². The maximum absolute atomic E-state index is 10.7. The van der Waals surface area contributed by atoms with Crippen LogP contribution in [0.2, 0.25) is 0 Å². The fourth-order valence-corrected chi connectivity index (χ4v) is 2.54. The molecule has 0 spiro atoms. The second-order valence-corrected chi connectivity index (χ2v) is 5.33. The second kappa shape index (κ2) is 6.12.